The van der Waals surface area contributed by atoms with E-state index < -0.39 is 5.97 Å². The topological polar surface area (TPSA) is 69.6 Å². The van der Waals surface area contributed by atoms with Gasteiger partial charge in [0.05, 0.1) is 6.42 Å². The number of aliphatic carboxylic acids is 1. The highest BCUT2D eigenvalue weighted by molar-refractivity contribution is 5.76. The Kier molecular flexibility index (Phi) is 4.66. The number of hydrogen-bond acceptors (Lipinski definition) is 2. The van der Waals surface area contributed by atoms with E-state index >= 15 is 0 Å². The summed E-state index contributed by atoms with van der Waals surface area (Å²) in [5.41, 5.74) is 0. The number of nitrogens with one attached hydrogen (secondary N) is 1. The first kappa shape index (κ1) is 14.2. The van der Waals surface area contributed by atoms with Gasteiger partial charge in [0, 0.05) is 18.6 Å². The van der Waals surface area contributed by atoms with Gasteiger partial charge in [-0.15, -0.1) is 0 Å². The van der Waals surface area contributed by atoms with Crippen molar-refractivity contribution in [2.75, 3.05) is 6.54 Å². The lowest BCUT2D eigenvalue weighted by molar-refractivity contribution is -0.137. The van der Waals surface area contributed by atoms with Gasteiger partial charge in [-0.25, -0.2) is 4.79 Å². The van der Waals surface area contributed by atoms with Crippen molar-refractivity contribution >= 4 is 12.0 Å². The van der Waals surface area contributed by atoms with E-state index in [-0.39, 0.29) is 24.5 Å². The SMILES string of the molecule is CC1CCC(NC(=O)N(CCC(=O)O)C2CC2)CC1. The molecule has 2 N–H and O–H groups in total. The van der Waals surface area contributed by atoms with Crippen LogP contribution in [0.15, 0.2) is 0 Å². The minimum Gasteiger partial charge on any atom is -0.481 e. The van der Waals surface area contributed by atoms with Gasteiger partial charge in [-0.3, -0.25) is 4.79 Å². The molecule has 0 atom stereocenters. The standard InChI is InChI=1S/C14H24N2O3/c1-10-2-4-11(5-3-10)15-14(19)16(12-6-7-12)9-8-13(17)18/h10-12H,2-9H2,1H3,(H,15,19)(H,17,18). The predicted molar refractivity (Wildman–Crippen MR) is 71.9 cm³/mol. The molecule has 5 nitrogen and oxygen atoms in total. The van der Waals surface area contributed by atoms with Crippen LogP contribution in [0.25, 0.3) is 0 Å². The smallest absolute Gasteiger partial charge is 0.317 e. The molecule has 0 saturated heterocycles. The van der Waals surface area contributed by atoms with Crippen molar-refractivity contribution in [1.82, 2.24) is 10.2 Å². The molecule has 19 heavy (non-hydrogen) atoms. The third-order valence-electron chi connectivity index (χ3n) is 4.16. The highest BCUT2D eigenvalue weighted by atomic mass is 16.4. The van der Waals surface area contributed by atoms with Crippen molar-refractivity contribution in [2.45, 2.75) is 64.0 Å². The summed E-state index contributed by atoms with van der Waals surface area (Å²) in [6, 6.07) is 0.472. The number of rotatable bonds is 5. The van der Waals surface area contributed by atoms with Crippen LogP contribution in [0, 0.1) is 5.92 Å². The monoisotopic (exact) mass is 268 g/mol. The average Bonchev–Trinajstić information content (AvgIpc) is 3.16. The molecule has 2 saturated carbocycles. The second kappa shape index (κ2) is 6.26. The summed E-state index contributed by atoms with van der Waals surface area (Å²) in [6.45, 7) is 2.58. The van der Waals surface area contributed by atoms with Crippen molar-refractivity contribution in [3.05, 3.63) is 0 Å². The number of urea groups is 1. The number of nitrogens with zero attached hydrogens (tertiary/aromatic N) is 1. The van der Waals surface area contributed by atoms with Crippen molar-refractivity contribution in [3.8, 4) is 0 Å². The van der Waals surface area contributed by atoms with Crippen LogP contribution in [0.3, 0.4) is 0 Å². The first-order valence-corrected chi connectivity index (χ1v) is 7.35. The van der Waals surface area contributed by atoms with Crippen molar-refractivity contribution in [3.63, 3.8) is 0 Å². The Balaban J connectivity index is 1.80. The lowest BCUT2D eigenvalue weighted by Crippen LogP contribution is -2.47. The fourth-order valence-corrected chi connectivity index (χ4v) is 2.71. The maximum Gasteiger partial charge on any atom is 0.317 e. The second-order valence-corrected chi connectivity index (χ2v) is 5.97. The fraction of sp³-hybridized carbons (Fsp3) is 0.857. The molecule has 2 amide bonds. The summed E-state index contributed by atoms with van der Waals surface area (Å²) in [5.74, 6) is -0.0790. The summed E-state index contributed by atoms with van der Waals surface area (Å²) >= 11 is 0. The number of carboxylic acid groups (broad SMARTS) is 1. The number of amides is 2. The molecule has 2 rings (SSSR count). The van der Waals surface area contributed by atoms with Gasteiger partial charge in [0.15, 0.2) is 0 Å². The molecule has 0 aliphatic heterocycles. The third kappa shape index (κ3) is 4.40. The Bertz CT molecular complexity index is 334. The maximum absolute atomic E-state index is 12.2. The second-order valence-electron chi connectivity index (χ2n) is 5.97. The van der Waals surface area contributed by atoms with Gasteiger partial charge >= 0.3 is 12.0 Å². The van der Waals surface area contributed by atoms with E-state index in [9.17, 15) is 9.59 Å². The highest BCUT2D eigenvalue weighted by Gasteiger charge is 2.33. The summed E-state index contributed by atoms with van der Waals surface area (Å²) in [4.78, 5) is 24.6. The number of carbonyl (C=O) groups excluding carboxylic acids is 1. The van der Waals surface area contributed by atoms with Crippen LogP contribution >= 0.6 is 0 Å². The van der Waals surface area contributed by atoms with Crippen molar-refractivity contribution in [2.24, 2.45) is 5.92 Å². The van der Waals surface area contributed by atoms with E-state index in [1.54, 1.807) is 4.90 Å². The minimum atomic E-state index is -0.843. The van der Waals surface area contributed by atoms with Crippen molar-refractivity contribution < 1.29 is 14.7 Å². The molecular formula is C14H24N2O3. The molecule has 0 unspecified atom stereocenters. The van der Waals surface area contributed by atoms with Gasteiger partial charge in [0.25, 0.3) is 0 Å². The number of carbonyl (C=O) groups is 2. The largest absolute Gasteiger partial charge is 0.481 e. The molecule has 0 heterocycles. The van der Waals surface area contributed by atoms with Crippen molar-refractivity contribution in [1.29, 1.82) is 0 Å². The molecule has 0 aromatic carbocycles. The molecule has 108 valence electrons. The minimum absolute atomic E-state index is 0.0334. The molecular weight excluding hydrogens is 244 g/mol. The van der Waals surface area contributed by atoms with Gasteiger partial charge in [0.1, 0.15) is 0 Å². The number of hydrogen-bond donors (Lipinski definition) is 2. The Labute approximate surface area is 114 Å². The first-order valence-electron chi connectivity index (χ1n) is 7.35. The quantitative estimate of drug-likeness (QED) is 0.803. The Hall–Kier alpha value is -1.26. The molecule has 0 radical (unpaired) electrons. The summed E-state index contributed by atoms with van der Waals surface area (Å²) in [7, 11) is 0. The van der Waals surface area contributed by atoms with E-state index in [1.165, 1.54) is 12.8 Å². The van der Waals surface area contributed by atoms with Crippen LogP contribution in [0.2, 0.25) is 0 Å². The molecule has 2 aliphatic carbocycles. The van der Waals surface area contributed by atoms with E-state index in [0.717, 1.165) is 31.6 Å². The Morgan fingerprint density at radius 3 is 2.32 bits per heavy atom. The molecule has 5 heteroatoms. The molecule has 2 fully saturated rings. The van der Waals surface area contributed by atoms with Gasteiger partial charge in [-0.1, -0.05) is 6.92 Å². The predicted octanol–water partition coefficient (Wildman–Crippen LogP) is 2.21. The Morgan fingerprint density at radius 1 is 1.16 bits per heavy atom. The maximum atomic E-state index is 12.2. The number of carboxylic acids is 1. The van der Waals surface area contributed by atoms with Gasteiger partial charge in [0.2, 0.25) is 0 Å². The summed E-state index contributed by atoms with van der Waals surface area (Å²) in [6.07, 6.45) is 6.48. The zero-order valence-corrected chi connectivity index (χ0v) is 11.6. The average molecular weight is 268 g/mol. The molecule has 0 aromatic rings. The van der Waals surface area contributed by atoms with Crippen LogP contribution in [0.5, 0.6) is 0 Å². The van der Waals surface area contributed by atoms with Crippen LogP contribution in [-0.4, -0.2) is 40.6 Å². The summed E-state index contributed by atoms with van der Waals surface area (Å²) in [5, 5.41) is 11.8. The molecule has 0 aromatic heterocycles. The van der Waals surface area contributed by atoms with Crippen LogP contribution < -0.4 is 5.32 Å². The first-order chi connectivity index (χ1) is 9.06. The zero-order chi connectivity index (χ0) is 13.8. The van der Waals surface area contributed by atoms with E-state index in [0.29, 0.717) is 6.54 Å². The zero-order valence-electron chi connectivity index (χ0n) is 11.6. The van der Waals surface area contributed by atoms with E-state index in [4.69, 9.17) is 5.11 Å². The van der Waals surface area contributed by atoms with Gasteiger partial charge < -0.3 is 15.3 Å². The fourth-order valence-electron chi connectivity index (χ4n) is 2.71. The third-order valence-corrected chi connectivity index (χ3v) is 4.16. The summed E-state index contributed by atoms with van der Waals surface area (Å²) < 4.78 is 0. The Morgan fingerprint density at radius 2 is 1.79 bits per heavy atom. The van der Waals surface area contributed by atoms with Gasteiger partial charge in [-0.05, 0) is 44.4 Å². The lowest BCUT2D eigenvalue weighted by atomic mass is 9.87. The van der Waals surface area contributed by atoms with Crippen LogP contribution in [0.4, 0.5) is 4.79 Å². The highest BCUT2D eigenvalue weighted by Crippen LogP contribution is 2.28. The van der Waals surface area contributed by atoms with Gasteiger partial charge in [-0.2, -0.15) is 0 Å². The molecule has 0 spiro atoms. The lowest BCUT2D eigenvalue weighted by Gasteiger charge is -2.30. The van der Waals surface area contributed by atoms with E-state index in [1.807, 2.05) is 0 Å². The molecule has 2 aliphatic rings. The molecule has 0 bridgehead atoms. The van der Waals surface area contributed by atoms with Crippen LogP contribution in [0.1, 0.15) is 51.9 Å². The van der Waals surface area contributed by atoms with E-state index in [2.05, 4.69) is 12.2 Å². The van der Waals surface area contributed by atoms with Crippen LogP contribution in [-0.2, 0) is 4.79 Å². The normalized spacial score (nSPS) is 26.8.